The molecule has 2 aromatic carbocycles. The second-order valence-electron chi connectivity index (χ2n) is 8.54. The molecule has 0 aliphatic heterocycles. The minimum absolute atomic E-state index is 0.143. The lowest BCUT2D eigenvalue weighted by molar-refractivity contribution is -0.131. The molecular weight excluding hydrogens is 420 g/mol. The van der Waals surface area contributed by atoms with E-state index in [1.54, 1.807) is 25.6 Å². The Bertz CT molecular complexity index is 1070. The Hall–Kier alpha value is -2.86. The van der Waals surface area contributed by atoms with Gasteiger partial charge in [0.05, 0.1) is 26.3 Å². The minimum Gasteiger partial charge on any atom is -0.493 e. The van der Waals surface area contributed by atoms with Gasteiger partial charge in [-0.25, -0.2) is 4.98 Å². The third-order valence-corrected chi connectivity index (χ3v) is 6.76. The van der Waals surface area contributed by atoms with Gasteiger partial charge in [0.2, 0.25) is 5.91 Å². The third-order valence-electron chi connectivity index (χ3n) is 5.82. The van der Waals surface area contributed by atoms with Crippen LogP contribution in [0.1, 0.15) is 49.4 Å². The van der Waals surface area contributed by atoms with E-state index in [1.165, 1.54) is 11.1 Å². The van der Waals surface area contributed by atoms with Gasteiger partial charge in [0.15, 0.2) is 11.5 Å². The van der Waals surface area contributed by atoms with Crippen molar-refractivity contribution in [3.63, 3.8) is 0 Å². The first-order valence-electron chi connectivity index (χ1n) is 11.0. The Morgan fingerprint density at radius 2 is 1.81 bits per heavy atom. The topological polar surface area (TPSA) is 51.7 Å². The monoisotopic (exact) mass is 450 g/mol. The number of carbonyl (C=O) groups is 1. The molecular formula is C26H30N2O3S. The van der Waals surface area contributed by atoms with Crippen molar-refractivity contribution in [1.82, 2.24) is 9.88 Å². The van der Waals surface area contributed by atoms with Crippen LogP contribution < -0.4 is 9.47 Å². The zero-order valence-corrected chi connectivity index (χ0v) is 19.9. The molecule has 0 atom stereocenters. The number of amides is 1. The van der Waals surface area contributed by atoms with Crippen LogP contribution in [0.15, 0.2) is 47.8 Å². The van der Waals surface area contributed by atoms with E-state index >= 15 is 0 Å². The van der Waals surface area contributed by atoms with E-state index in [9.17, 15) is 4.79 Å². The molecule has 0 N–H and O–H groups in total. The van der Waals surface area contributed by atoms with Crippen molar-refractivity contribution in [1.29, 1.82) is 0 Å². The lowest BCUT2D eigenvalue weighted by Crippen LogP contribution is -2.33. The van der Waals surface area contributed by atoms with Gasteiger partial charge in [-0.05, 0) is 48.1 Å². The average molecular weight is 451 g/mol. The Labute approximate surface area is 194 Å². The summed E-state index contributed by atoms with van der Waals surface area (Å²) in [5.41, 5.74) is 4.27. The number of rotatable bonds is 9. The standard InChI is InChI=1S/C26H30N2O3S/c1-17(2)19-7-5-18(6-8-19)15-28(22-10-11-22)25(29)14-21-16-32-26(27-21)20-9-12-23(30-3)24(13-20)31-4/h5-9,12-13,16-17,22H,10-11,14-15H2,1-4H3. The molecule has 1 heterocycles. The van der Waals surface area contributed by atoms with Crippen LogP contribution in [0, 0.1) is 0 Å². The molecule has 3 aromatic rings. The quantitative estimate of drug-likeness (QED) is 0.421. The first-order chi connectivity index (χ1) is 15.5. The van der Waals surface area contributed by atoms with E-state index < -0.39 is 0 Å². The molecule has 0 spiro atoms. The maximum atomic E-state index is 13.2. The van der Waals surface area contributed by atoms with Gasteiger partial charge in [0.25, 0.3) is 0 Å². The van der Waals surface area contributed by atoms with Crippen molar-refractivity contribution >= 4 is 17.2 Å². The van der Waals surface area contributed by atoms with Gasteiger partial charge in [0.1, 0.15) is 5.01 Å². The van der Waals surface area contributed by atoms with Gasteiger partial charge in [-0.2, -0.15) is 0 Å². The molecule has 0 unspecified atom stereocenters. The van der Waals surface area contributed by atoms with Crippen LogP contribution in [0.5, 0.6) is 11.5 Å². The lowest BCUT2D eigenvalue weighted by atomic mass is 10.0. The summed E-state index contributed by atoms with van der Waals surface area (Å²) in [5, 5.41) is 2.85. The summed E-state index contributed by atoms with van der Waals surface area (Å²) in [6, 6.07) is 14.8. The summed E-state index contributed by atoms with van der Waals surface area (Å²) in [4.78, 5) is 19.9. The first-order valence-corrected chi connectivity index (χ1v) is 11.9. The van der Waals surface area contributed by atoms with Gasteiger partial charge in [-0.15, -0.1) is 11.3 Å². The summed E-state index contributed by atoms with van der Waals surface area (Å²) < 4.78 is 10.7. The molecule has 4 rings (SSSR count). The van der Waals surface area contributed by atoms with Crippen molar-refractivity contribution in [3.05, 3.63) is 64.7 Å². The fraction of sp³-hybridized carbons (Fsp3) is 0.385. The number of methoxy groups -OCH3 is 2. The zero-order chi connectivity index (χ0) is 22.7. The molecule has 1 amide bonds. The SMILES string of the molecule is COc1ccc(-c2nc(CC(=O)N(Cc3ccc(C(C)C)cc3)C3CC3)cs2)cc1OC. The number of hydrogen-bond acceptors (Lipinski definition) is 5. The van der Waals surface area contributed by atoms with Crippen LogP contribution in [0.4, 0.5) is 0 Å². The summed E-state index contributed by atoms with van der Waals surface area (Å²) in [6.45, 7) is 5.05. The Kier molecular flexibility index (Phi) is 6.80. The van der Waals surface area contributed by atoms with Gasteiger partial charge >= 0.3 is 0 Å². The van der Waals surface area contributed by atoms with Crippen molar-refractivity contribution < 1.29 is 14.3 Å². The molecule has 1 aliphatic rings. The molecule has 6 heteroatoms. The predicted octanol–water partition coefficient (Wildman–Crippen LogP) is 5.68. The third kappa shape index (κ3) is 5.13. The molecule has 0 bridgehead atoms. The van der Waals surface area contributed by atoms with Crippen LogP contribution in [0.25, 0.3) is 10.6 Å². The van der Waals surface area contributed by atoms with Crippen molar-refractivity contribution in [2.75, 3.05) is 14.2 Å². The van der Waals surface area contributed by atoms with E-state index in [-0.39, 0.29) is 5.91 Å². The fourth-order valence-electron chi connectivity index (χ4n) is 3.76. The number of ether oxygens (including phenoxy) is 2. The highest BCUT2D eigenvalue weighted by Crippen LogP contribution is 2.34. The number of carbonyl (C=O) groups excluding carboxylic acids is 1. The molecule has 1 saturated carbocycles. The highest BCUT2D eigenvalue weighted by molar-refractivity contribution is 7.13. The lowest BCUT2D eigenvalue weighted by Gasteiger charge is -2.22. The second-order valence-corrected chi connectivity index (χ2v) is 9.40. The highest BCUT2D eigenvalue weighted by Gasteiger charge is 2.32. The van der Waals surface area contributed by atoms with Gasteiger partial charge in [0, 0.05) is 23.5 Å². The van der Waals surface area contributed by atoms with Gasteiger partial charge in [-0.3, -0.25) is 4.79 Å². The number of nitrogens with zero attached hydrogens (tertiary/aromatic N) is 2. The maximum Gasteiger partial charge on any atom is 0.229 e. The van der Waals surface area contributed by atoms with E-state index in [4.69, 9.17) is 14.5 Å². The molecule has 0 saturated heterocycles. The Balaban J connectivity index is 1.45. The molecule has 5 nitrogen and oxygen atoms in total. The normalized spacial score (nSPS) is 13.3. The number of thiazole rings is 1. The summed E-state index contributed by atoms with van der Waals surface area (Å²) in [6.07, 6.45) is 2.50. The number of hydrogen-bond donors (Lipinski definition) is 0. The van der Waals surface area contributed by atoms with E-state index in [0.717, 1.165) is 29.1 Å². The maximum absolute atomic E-state index is 13.2. The summed E-state index contributed by atoms with van der Waals surface area (Å²) in [7, 11) is 3.24. The summed E-state index contributed by atoms with van der Waals surface area (Å²) in [5.74, 6) is 2.00. The van der Waals surface area contributed by atoms with Crippen LogP contribution in [0.3, 0.4) is 0 Å². The van der Waals surface area contributed by atoms with E-state index in [2.05, 4.69) is 38.1 Å². The highest BCUT2D eigenvalue weighted by atomic mass is 32.1. The second kappa shape index (κ2) is 9.74. The summed E-state index contributed by atoms with van der Waals surface area (Å²) >= 11 is 1.54. The zero-order valence-electron chi connectivity index (χ0n) is 19.1. The molecule has 1 aromatic heterocycles. The Morgan fingerprint density at radius 1 is 1.09 bits per heavy atom. The first kappa shape index (κ1) is 22.3. The number of benzene rings is 2. The van der Waals surface area contributed by atoms with E-state index in [0.29, 0.717) is 36.4 Å². The van der Waals surface area contributed by atoms with Crippen LogP contribution >= 0.6 is 11.3 Å². The number of aromatic nitrogens is 1. The molecule has 0 radical (unpaired) electrons. The fourth-order valence-corrected chi connectivity index (χ4v) is 4.57. The molecule has 1 aliphatic carbocycles. The molecule has 32 heavy (non-hydrogen) atoms. The molecule has 1 fully saturated rings. The Morgan fingerprint density at radius 3 is 2.44 bits per heavy atom. The van der Waals surface area contributed by atoms with E-state index in [1.807, 2.05) is 28.5 Å². The largest absolute Gasteiger partial charge is 0.493 e. The minimum atomic E-state index is 0.143. The van der Waals surface area contributed by atoms with Crippen molar-refractivity contribution in [2.45, 2.75) is 51.6 Å². The smallest absolute Gasteiger partial charge is 0.229 e. The van der Waals surface area contributed by atoms with Crippen molar-refractivity contribution in [3.8, 4) is 22.1 Å². The van der Waals surface area contributed by atoms with Crippen molar-refractivity contribution in [2.24, 2.45) is 0 Å². The van der Waals surface area contributed by atoms with Crippen LogP contribution in [-0.4, -0.2) is 36.1 Å². The molecule has 168 valence electrons. The van der Waals surface area contributed by atoms with Crippen LogP contribution in [-0.2, 0) is 17.8 Å². The van der Waals surface area contributed by atoms with Gasteiger partial charge in [-0.1, -0.05) is 38.1 Å². The average Bonchev–Trinajstić information content (AvgIpc) is 3.54. The van der Waals surface area contributed by atoms with Gasteiger partial charge < -0.3 is 14.4 Å². The van der Waals surface area contributed by atoms with Crippen LogP contribution in [0.2, 0.25) is 0 Å². The predicted molar refractivity (Wildman–Crippen MR) is 128 cm³/mol.